The van der Waals surface area contributed by atoms with Crippen LogP contribution in [0.1, 0.15) is 31.9 Å². The minimum Gasteiger partial charge on any atom is -0.387 e. The molecule has 0 aromatic heterocycles. The first kappa shape index (κ1) is 17.0. The highest BCUT2D eigenvalue weighted by Gasteiger charge is 2.26. The van der Waals surface area contributed by atoms with Crippen LogP contribution >= 0.6 is 23.2 Å². The van der Waals surface area contributed by atoms with Gasteiger partial charge in [-0.25, -0.2) is 0 Å². The zero-order valence-corrected chi connectivity index (χ0v) is 14.2. The molecule has 0 amide bonds. The van der Waals surface area contributed by atoms with Gasteiger partial charge in [-0.1, -0.05) is 43.1 Å². The van der Waals surface area contributed by atoms with Gasteiger partial charge in [-0.15, -0.1) is 0 Å². The number of halogens is 2. The molecule has 21 heavy (non-hydrogen) atoms. The number of benzene rings is 1. The van der Waals surface area contributed by atoms with E-state index in [1.165, 1.54) is 0 Å². The molecule has 3 nitrogen and oxygen atoms in total. The van der Waals surface area contributed by atoms with Gasteiger partial charge in [0.15, 0.2) is 0 Å². The van der Waals surface area contributed by atoms with Gasteiger partial charge in [0, 0.05) is 34.7 Å². The Morgan fingerprint density at radius 2 is 2.05 bits per heavy atom. The first-order valence-corrected chi connectivity index (χ1v) is 8.36. The first-order chi connectivity index (χ1) is 10.0. The van der Waals surface area contributed by atoms with Crippen LogP contribution in [0.15, 0.2) is 18.2 Å². The number of hydrogen-bond acceptors (Lipinski definition) is 3. The summed E-state index contributed by atoms with van der Waals surface area (Å²) >= 11 is 12.3. The predicted octanol–water partition coefficient (Wildman–Crippen LogP) is 3.35. The van der Waals surface area contributed by atoms with Crippen molar-refractivity contribution < 1.29 is 5.11 Å². The van der Waals surface area contributed by atoms with Crippen LogP contribution in [0.2, 0.25) is 10.0 Å². The zero-order chi connectivity index (χ0) is 15.4. The van der Waals surface area contributed by atoms with Crippen LogP contribution in [0.4, 0.5) is 0 Å². The lowest BCUT2D eigenvalue weighted by Crippen LogP contribution is -2.49. The lowest BCUT2D eigenvalue weighted by atomic mass is 9.93. The molecule has 3 unspecified atom stereocenters. The minimum atomic E-state index is -0.678. The van der Waals surface area contributed by atoms with Gasteiger partial charge < -0.3 is 15.3 Å². The van der Waals surface area contributed by atoms with E-state index in [0.29, 0.717) is 34.1 Å². The van der Waals surface area contributed by atoms with Crippen molar-refractivity contribution in [2.45, 2.75) is 32.4 Å². The molecule has 1 aliphatic heterocycles. The molecule has 1 fully saturated rings. The largest absolute Gasteiger partial charge is 0.387 e. The van der Waals surface area contributed by atoms with Gasteiger partial charge in [-0.3, -0.25) is 0 Å². The van der Waals surface area contributed by atoms with Gasteiger partial charge in [-0.05, 0) is 37.6 Å². The number of rotatable bonds is 5. The zero-order valence-electron chi connectivity index (χ0n) is 12.6. The van der Waals surface area contributed by atoms with E-state index in [2.05, 4.69) is 24.1 Å². The molecule has 5 heteroatoms. The lowest BCUT2D eigenvalue weighted by molar-refractivity contribution is 0.127. The summed E-state index contributed by atoms with van der Waals surface area (Å²) in [6.07, 6.45) is 0.431. The summed E-state index contributed by atoms with van der Waals surface area (Å²) in [6.45, 7) is 8.26. The lowest BCUT2D eigenvalue weighted by Gasteiger charge is -2.37. The van der Waals surface area contributed by atoms with E-state index in [4.69, 9.17) is 23.2 Å². The van der Waals surface area contributed by atoms with Crippen molar-refractivity contribution in [1.82, 2.24) is 10.2 Å². The molecule has 2 N–H and O–H groups in total. The molecule has 0 aliphatic carbocycles. The van der Waals surface area contributed by atoms with Crippen LogP contribution in [0.3, 0.4) is 0 Å². The van der Waals surface area contributed by atoms with Crippen molar-refractivity contribution in [2.75, 3.05) is 26.2 Å². The molecule has 118 valence electrons. The van der Waals surface area contributed by atoms with E-state index in [0.717, 1.165) is 26.1 Å². The summed E-state index contributed by atoms with van der Waals surface area (Å²) < 4.78 is 0. The van der Waals surface area contributed by atoms with E-state index in [1.54, 1.807) is 18.2 Å². The van der Waals surface area contributed by atoms with E-state index >= 15 is 0 Å². The van der Waals surface area contributed by atoms with E-state index in [-0.39, 0.29) is 0 Å². The van der Waals surface area contributed by atoms with Crippen LogP contribution in [0.5, 0.6) is 0 Å². The number of hydrogen-bond donors (Lipinski definition) is 2. The maximum Gasteiger partial charge on any atom is 0.0943 e. The number of likely N-dealkylation sites (tertiary alicyclic amines) is 1. The molecule has 0 saturated carbocycles. The standard InChI is InChI=1S/C16H24Cl2N2O/c1-3-20-8-7-14(11(2)10-20)19-9-15(21)16-12(17)5-4-6-13(16)18/h4-6,11,14-15,19,21H,3,7-10H2,1-2H3. The van der Waals surface area contributed by atoms with Crippen molar-refractivity contribution in [3.63, 3.8) is 0 Å². The monoisotopic (exact) mass is 330 g/mol. The van der Waals surface area contributed by atoms with Crippen LogP contribution in [-0.2, 0) is 0 Å². The maximum atomic E-state index is 10.4. The third-order valence-electron chi connectivity index (χ3n) is 4.34. The fraction of sp³-hybridized carbons (Fsp3) is 0.625. The van der Waals surface area contributed by atoms with Crippen molar-refractivity contribution in [2.24, 2.45) is 5.92 Å². The second-order valence-electron chi connectivity index (χ2n) is 5.83. The average molecular weight is 331 g/mol. The highest BCUT2D eigenvalue weighted by molar-refractivity contribution is 6.36. The topological polar surface area (TPSA) is 35.5 Å². The Kier molecular flexibility index (Phi) is 6.33. The molecule has 1 aromatic carbocycles. The van der Waals surface area contributed by atoms with Crippen LogP contribution in [-0.4, -0.2) is 42.2 Å². The number of aliphatic hydroxyl groups excluding tert-OH is 1. The van der Waals surface area contributed by atoms with Gasteiger partial charge in [0.25, 0.3) is 0 Å². The summed E-state index contributed by atoms with van der Waals surface area (Å²) in [5.41, 5.74) is 0.618. The molecular weight excluding hydrogens is 307 g/mol. The first-order valence-electron chi connectivity index (χ1n) is 7.60. The van der Waals surface area contributed by atoms with Gasteiger partial charge in [0.1, 0.15) is 0 Å². The molecule has 0 radical (unpaired) electrons. The fourth-order valence-corrected chi connectivity index (χ4v) is 3.67. The predicted molar refractivity (Wildman–Crippen MR) is 89.1 cm³/mol. The van der Waals surface area contributed by atoms with E-state index in [1.807, 2.05) is 0 Å². The SMILES string of the molecule is CCN1CCC(NCC(O)c2c(Cl)cccc2Cl)C(C)C1. The Morgan fingerprint density at radius 1 is 1.38 bits per heavy atom. The number of nitrogens with zero attached hydrogens (tertiary/aromatic N) is 1. The molecule has 1 aromatic rings. The van der Waals surface area contributed by atoms with Gasteiger partial charge in [0.05, 0.1) is 6.10 Å². The molecule has 2 rings (SSSR count). The van der Waals surface area contributed by atoms with Gasteiger partial charge in [-0.2, -0.15) is 0 Å². The van der Waals surface area contributed by atoms with Crippen molar-refractivity contribution >= 4 is 23.2 Å². The number of nitrogens with one attached hydrogen (secondary N) is 1. The summed E-state index contributed by atoms with van der Waals surface area (Å²) in [7, 11) is 0. The molecule has 1 heterocycles. The molecule has 0 bridgehead atoms. The molecule has 1 saturated heterocycles. The number of piperidine rings is 1. The van der Waals surface area contributed by atoms with Gasteiger partial charge >= 0.3 is 0 Å². The normalized spacial score (nSPS) is 25.0. The van der Waals surface area contributed by atoms with Crippen molar-refractivity contribution in [1.29, 1.82) is 0 Å². The third kappa shape index (κ3) is 4.33. The molecule has 0 spiro atoms. The summed E-state index contributed by atoms with van der Waals surface area (Å²) in [5.74, 6) is 0.576. The Labute approximate surface area is 137 Å². The Hall–Kier alpha value is -0.320. The highest BCUT2D eigenvalue weighted by atomic mass is 35.5. The fourth-order valence-electron chi connectivity index (χ4n) is 3.02. The minimum absolute atomic E-state index is 0.434. The smallest absolute Gasteiger partial charge is 0.0943 e. The van der Waals surface area contributed by atoms with Crippen molar-refractivity contribution in [3.05, 3.63) is 33.8 Å². The van der Waals surface area contributed by atoms with E-state index < -0.39 is 6.10 Å². The van der Waals surface area contributed by atoms with Crippen LogP contribution < -0.4 is 5.32 Å². The van der Waals surface area contributed by atoms with Gasteiger partial charge in [0.2, 0.25) is 0 Å². The quantitative estimate of drug-likeness (QED) is 0.869. The summed E-state index contributed by atoms with van der Waals surface area (Å²) in [6, 6.07) is 5.74. The van der Waals surface area contributed by atoms with Crippen LogP contribution in [0, 0.1) is 5.92 Å². The second-order valence-corrected chi connectivity index (χ2v) is 6.64. The molecule has 3 atom stereocenters. The van der Waals surface area contributed by atoms with Crippen molar-refractivity contribution in [3.8, 4) is 0 Å². The highest BCUT2D eigenvalue weighted by Crippen LogP contribution is 2.30. The van der Waals surface area contributed by atoms with Crippen LogP contribution in [0.25, 0.3) is 0 Å². The molecular formula is C16H24Cl2N2O. The summed E-state index contributed by atoms with van der Waals surface area (Å²) in [5, 5.41) is 14.9. The Bertz CT molecular complexity index is 449. The second kappa shape index (κ2) is 7.80. The summed E-state index contributed by atoms with van der Waals surface area (Å²) in [4.78, 5) is 2.46. The Morgan fingerprint density at radius 3 is 2.62 bits per heavy atom. The Balaban J connectivity index is 1.91. The number of aliphatic hydroxyl groups is 1. The average Bonchev–Trinajstić information content (AvgIpc) is 2.45. The maximum absolute atomic E-state index is 10.4. The van der Waals surface area contributed by atoms with E-state index in [9.17, 15) is 5.11 Å². The molecule has 1 aliphatic rings. The third-order valence-corrected chi connectivity index (χ3v) is 5.00.